The molecule has 5 heteroatoms. The van der Waals surface area contributed by atoms with Crippen LogP contribution in [-0.4, -0.2) is 42.8 Å². The maximum atomic E-state index is 13.2. The van der Waals surface area contributed by atoms with Crippen LogP contribution in [0.25, 0.3) is 0 Å². The van der Waals surface area contributed by atoms with Gasteiger partial charge in [0.05, 0.1) is 26.7 Å². The van der Waals surface area contributed by atoms with Crippen molar-refractivity contribution in [3.05, 3.63) is 102 Å². The lowest BCUT2D eigenvalue weighted by Crippen LogP contribution is -2.51. The molecule has 1 unspecified atom stereocenters. The predicted molar refractivity (Wildman–Crippen MR) is 133 cm³/mol. The number of hydrogen-bond acceptors (Lipinski definition) is 2. The van der Waals surface area contributed by atoms with Gasteiger partial charge in [-0.1, -0.05) is 60.7 Å². The smallest absolute Gasteiger partial charge is 0.233 e. The summed E-state index contributed by atoms with van der Waals surface area (Å²) >= 11 is 1.77. The number of primary amides is 1. The summed E-state index contributed by atoms with van der Waals surface area (Å²) in [5.74, 6) is 0.651. The van der Waals surface area contributed by atoms with Crippen molar-refractivity contribution >= 4 is 17.7 Å². The van der Waals surface area contributed by atoms with Gasteiger partial charge in [0, 0.05) is 29.4 Å². The molecule has 1 fully saturated rings. The summed E-state index contributed by atoms with van der Waals surface area (Å²) in [6, 6.07) is 26.8. The van der Waals surface area contributed by atoms with Crippen molar-refractivity contribution in [2.75, 3.05) is 32.4 Å². The largest absolute Gasteiger partial charge is 0.369 e. The Balaban J connectivity index is 1.51. The Kier molecular flexibility index (Phi) is 7.20. The molecule has 0 saturated carbocycles. The van der Waals surface area contributed by atoms with Gasteiger partial charge < -0.3 is 10.2 Å². The number of rotatable bonds is 9. The molecule has 3 aromatic carbocycles. The molecule has 1 heterocycles. The number of halogens is 1. The molecule has 1 aliphatic heterocycles. The average Bonchev–Trinajstić information content (AvgIpc) is 3.22. The highest BCUT2D eigenvalue weighted by Crippen LogP contribution is 2.45. The van der Waals surface area contributed by atoms with E-state index in [0.29, 0.717) is 0 Å². The summed E-state index contributed by atoms with van der Waals surface area (Å²) in [6.45, 7) is 2.98. The van der Waals surface area contributed by atoms with E-state index in [2.05, 4.69) is 7.05 Å². The lowest BCUT2D eigenvalue weighted by Gasteiger charge is -2.38. The molecule has 4 rings (SSSR count). The molecule has 1 aliphatic rings. The number of nitrogens with two attached hydrogens (primary N) is 1. The second kappa shape index (κ2) is 10.1. The summed E-state index contributed by atoms with van der Waals surface area (Å²) in [7, 11) is 2.30. The van der Waals surface area contributed by atoms with E-state index >= 15 is 0 Å². The lowest BCUT2D eigenvalue weighted by molar-refractivity contribution is -0.899. The fraction of sp³-hybridized carbons (Fsp3) is 0.321. The van der Waals surface area contributed by atoms with Crippen molar-refractivity contribution < 1.29 is 13.7 Å². The van der Waals surface area contributed by atoms with Crippen LogP contribution in [0.2, 0.25) is 0 Å². The fourth-order valence-corrected chi connectivity index (χ4v) is 6.27. The summed E-state index contributed by atoms with van der Waals surface area (Å²) in [6.07, 6.45) is 2.01. The number of thioether (sulfide) groups is 1. The maximum absolute atomic E-state index is 13.2. The maximum Gasteiger partial charge on any atom is 0.233 e. The SMILES string of the molecule is C[N+]1(CCCSc2ccc(F)cc2)CC[C@@H](C(C(N)=O)(c2ccccc2)c2ccccc2)C1. The standard InChI is InChI=1S/C28H31FN2OS/c1-31(18-8-20-33-26-15-13-25(29)14-16-26)19-17-24(21-31)28(27(30)32,22-9-4-2-5-10-22)23-11-6-3-7-12-23/h2-7,9-16,24H,8,17-21H2,1H3,(H-,30,32)/p+1/t24-,31?/m1/s1. The number of likely N-dealkylation sites (tertiary alicyclic amines) is 1. The van der Waals surface area contributed by atoms with Crippen LogP contribution in [0.1, 0.15) is 24.0 Å². The molecule has 1 saturated heterocycles. The van der Waals surface area contributed by atoms with Crippen LogP contribution in [0.3, 0.4) is 0 Å². The zero-order valence-corrected chi connectivity index (χ0v) is 19.9. The highest BCUT2D eigenvalue weighted by Gasteiger charge is 2.53. The summed E-state index contributed by atoms with van der Waals surface area (Å²) in [4.78, 5) is 14.3. The molecular weight excluding hydrogens is 431 g/mol. The van der Waals surface area contributed by atoms with Gasteiger partial charge in [0.1, 0.15) is 11.2 Å². The van der Waals surface area contributed by atoms with E-state index in [9.17, 15) is 9.18 Å². The van der Waals surface area contributed by atoms with Crippen LogP contribution in [0.5, 0.6) is 0 Å². The van der Waals surface area contributed by atoms with E-state index < -0.39 is 5.41 Å². The number of hydrogen-bond donors (Lipinski definition) is 1. The Morgan fingerprint density at radius 3 is 2.12 bits per heavy atom. The highest BCUT2D eigenvalue weighted by atomic mass is 32.2. The molecule has 1 amide bonds. The Labute approximate surface area is 200 Å². The number of amides is 1. The minimum atomic E-state index is -0.832. The van der Waals surface area contributed by atoms with Crippen LogP contribution in [0.4, 0.5) is 4.39 Å². The highest BCUT2D eigenvalue weighted by molar-refractivity contribution is 7.99. The van der Waals surface area contributed by atoms with Crippen molar-refractivity contribution in [3.63, 3.8) is 0 Å². The molecule has 2 N–H and O–H groups in total. The van der Waals surface area contributed by atoms with Gasteiger partial charge in [0.2, 0.25) is 5.91 Å². The van der Waals surface area contributed by atoms with Gasteiger partial charge in [-0.05, 0) is 35.4 Å². The molecule has 172 valence electrons. The molecule has 33 heavy (non-hydrogen) atoms. The Morgan fingerprint density at radius 2 is 1.58 bits per heavy atom. The Bertz CT molecular complexity index is 1020. The number of carbonyl (C=O) groups is 1. The summed E-state index contributed by atoms with van der Waals surface area (Å²) < 4.78 is 14.1. The number of benzene rings is 3. The first-order valence-corrected chi connectivity index (χ1v) is 12.6. The topological polar surface area (TPSA) is 43.1 Å². The van der Waals surface area contributed by atoms with Crippen molar-refractivity contribution in [1.29, 1.82) is 0 Å². The van der Waals surface area contributed by atoms with Crippen LogP contribution in [-0.2, 0) is 10.2 Å². The van der Waals surface area contributed by atoms with Gasteiger partial charge >= 0.3 is 0 Å². The first-order chi connectivity index (χ1) is 15.9. The van der Waals surface area contributed by atoms with E-state index in [4.69, 9.17) is 5.73 Å². The van der Waals surface area contributed by atoms with Crippen LogP contribution in [0, 0.1) is 11.7 Å². The monoisotopic (exact) mass is 463 g/mol. The molecule has 0 aliphatic carbocycles. The molecule has 0 spiro atoms. The van der Waals surface area contributed by atoms with E-state index in [1.807, 2.05) is 72.8 Å². The molecule has 0 radical (unpaired) electrons. The summed E-state index contributed by atoms with van der Waals surface area (Å²) in [5.41, 5.74) is 7.35. The van der Waals surface area contributed by atoms with E-state index in [0.717, 1.165) is 58.7 Å². The Hall–Kier alpha value is -2.63. The molecular formula is C28H32FN2OS+. The third-order valence-corrected chi connectivity index (χ3v) is 8.16. The predicted octanol–water partition coefficient (Wildman–Crippen LogP) is 5.25. The Morgan fingerprint density at radius 1 is 1.00 bits per heavy atom. The average molecular weight is 464 g/mol. The van der Waals surface area contributed by atoms with Crippen LogP contribution >= 0.6 is 11.8 Å². The van der Waals surface area contributed by atoms with Gasteiger partial charge in [-0.25, -0.2) is 4.39 Å². The van der Waals surface area contributed by atoms with Crippen molar-refractivity contribution in [2.45, 2.75) is 23.2 Å². The zero-order valence-electron chi connectivity index (χ0n) is 19.1. The fourth-order valence-electron chi connectivity index (χ4n) is 5.43. The molecule has 3 nitrogen and oxygen atoms in total. The minimum absolute atomic E-state index is 0.134. The lowest BCUT2D eigenvalue weighted by atomic mass is 9.64. The molecule has 2 atom stereocenters. The van der Waals surface area contributed by atoms with Gasteiger partial charge in [-0.3, -0.25) is 4.79 Å². The number of nitrogens with zero attached hydrogens (tertiary/aromatic N) is 1. The normalized spacial score (nSPS) is 20.6. The second-order valence-corrected chi connectivity index (χ2v) is 10.5. The first-order valence-electron chi connectivity index (χ1n) is 11.6. The quantitative estimate of drug-likeness (QED) is 0.268. The van der Waals surface area contributed by atoms with Crippen LogP contribution < -0.4 is 5.73 Å². The number of carbonyl (C=O) groups excluding carboxylic acids is 1. The summed E-state index contributed by atoms with van der Waals surface area (Å²) in [5, 5.41) is 0. The van der Waals surface area contributed by atoms with Crippen molar-refractivity contribution in [1.82, 2.24) is 0 Å². The molecule has 3 aromatic rings. The molecule has 0 bridgehead atoms. The van der Waals surface area contributed by atoms with E-state index in [-0.39, 0.29) is 17.6 Å². The van der Waals surface area contributed by atoms with Gasteiger partial charge in [0.15, 0.2) is 0 Å². The first kappa shape index (κ1) is 23.5. The minimum Gasteiger partial charge on any atom is -0.369 e. The van der Waals surface area contributed by atoms with Gasteiger partial charge in [0.25, 0.3) is 0 Å². The third kappa shape index (κ3) is 4.99. The number of quaternary nitrogens is 1. The second-order valence-electron chi connectivity index (χ2n) is 9.30. The van der Waals surface area contributed by atoms with E-state index in [1.165, 1.54) is 12.1 Å². The zero-order chi connectivity index (χ0) is 23.3. The van der Waals surface area contributed by atoms with E-state index in [1.54, 1.807) is 11.8 Å². The van der Waals surface area contributed by atoms with Crippen molar-refractivity contribution in [2.24, 2.45) is 11.7 Å². The van der Waals surface area contributed by atoms with Gasteiger partial charge in [-0.15, -0.1) is 11.8 Å². The van der Waals surface area contributed by atoms with Crippen LogP contribution in [0.15, 0.2) is 89.8 Å². The third-order valence-electron chi connectivity index (χ3n) is 7.06. The molecule has 0 aromatic heterocycles. The van der Waals surface area contributed by atoms with Gasteiger partial charge in [-0.2, -0.15) is 0 Å². The van der Waals surface area contributed by atoms with Crippen molar-refractivity contribution in [3.8, 4) is 0 Å².